The molecule has 1 fully saturated rings. The van der Waals surface area contributed by atoms with Gasteiger partial charge in [0.2, 0.25) is 0 Å². The van der Waals surface area contributed by atoms with E-state index in [0.717, 1.165) is 35.7 Å². The van der Waals surface area contributed by atoms with Gasteiger partial charge in [0.1, 0.15) is 5.75 Å². The molecule has 134 valence electrons. The summed E-state index contributed by atoms with van der Waals surface area (Å²) in [5.41, 5.74) is 1.52. The molecule has 2 aromatic carbocycles. The second kappa shape index (κ2) is 8.95. The van der Waals surface area contributed by atoms with Crippen LogP contribution in [0.2, 0.25) is 0 Å². The van der Waals surface area contributed by atoms with E-state index >= 15 is 0 Å². The normalized spacial score (nSPS) is 15.1. The van der Waals surface area contributed by atoms with E-state index in [1.54, 1.807) is 36.4 Å². The van der Waals surface area contributed by atoms with Crippen LogP contribution >= 0.6 is 15.9 Å². The molecule has 0 aromatic heterocycles. The van der Waals surface area contributed by atoms with Crippen LogP contribution in [0, 0.1) is 5.92 Å². The molecule has 26 heavy (non-hydrogen) atoms. The fraction of sp³-hybridized carbons (Fsp3) is 0.273. The van der Waals surface area contributed by atoms with Crippen molar-refractivity contribution in [3.63, 3.8) is 0 Å². The lowest BCUT2D eigenvalue weighted by Gasteiger charge is -2.19. The predicted molar refractivity (Wildman–Crippen MR) is 106 cm³/mol. The van der Waals surface area contributed by atoms with Crippen LogP contribution in [-0.2, 0) is 4.79 Å². The molecule has 1 aliphatic carbocycles. The third-order valence-electron chi connectivity index (χ3n) is 4.59. The van der Waals surface area contributed by atoms with Gasteiger partial charge in [0.25, 0.3) is 0 Å². The molecular formula is C22H21BrO3. The van der Waals surface area contributed by atoms with E-state index in [-0.39, 0.29) is 17.7 Å². The van der Waals surface area contributed by atoms with Gasteiger partial charge in [-0.3, -0.25) is 9.59 Å². The van der Waals surface area contributed by atoms with Crippen LogP contribution in [0.3, 0.4) is 0 Å². The van der Waals surface area contributed by atoms with Gasteiger partial charge in [-0.1, -0.05) is 53.4 Å². The van der Waals surface area contributed by atoms with Gasteiger partial charge in [-0.2, -0.15) is 0 Å². The maximum atomic E-state index is 12.2. The van der Waals surface area contributed by atoms with E-state index in [2.05, 4.69) is 15.9 Å². The van der Waals surface area contributed by atoms with Gasteiger partial charge in [-0.15, -0.1) is 0 Å². The molecule has 1 saturated carbocycles. The van der Waals surface area contributed by atoms with Crippen LogP contribution in [0.5, 0.6) is 5.75 Å². The first-order valence-corrected chi connectivity index (χ1v) is 9.71. The average Bonchev–Trinajstić information content (AvgIpc) is 2.68. The number of ketones is 1. The van der Waals surface area contributed by atoms with Crippen molar-refractivity contribution in [3.8, 4) is 5.75 Å². The summed E-state index contributed by atoms with van der Waals surface area (Å²) < 4.78 is 6.42. The van der Waals surface area contributed by atoms with E-state index in [4.69, 9.17) is 4.74 Å². The van der Waals surface area contributed by atoms with Gasteiger partial charge in [0.05, 0.1) is 5.92 Å². The Balaban J connectivity index is 1.57. The number of hydrogen-bond acceptors (Lipinski definition) is 3. The van der Waals surface area contributed by atoms with Gasteiger partial charge in [0.15, 0.2) is 5.78 Å². The first kappa shape index (κ1) is 18.6. The van der Waals surface area contributed by atoms with Gasteiger partial charge < -0.3 is 4.74 Å². The van der Waals surface area contributed by atoms with Crippen LogP contribution in [0.15, 0.2) is 59.1 Å². The number of halogens is 1. The molecule has 0 amide bonds. The summed E-state index contributed by atoms with van der Waals surface area (Å²) in [6.45, 7) is 0. The second-order valence-electron chi connectivity index (χ2n) is 6.53. The highest BCUT2D eigenvalue weighted by Crippen LogP contribution is 2.25. The van der Waals surface area contributed by atoms with Crippen molar-refractivity contribution < 1.29 is 14.3 Å². The fourth-order valence-corrected chi connectivity index (χ4v) is 3.33. The standard InChI is InChI=1S/C22H21BrO3/c23-19-11-9-17(10-12-19)21(24)15-8-16-6-13-20(14-7-16)26-22(25)18-4-2-1-3-5-18/h6-15,18H,1-5H2. The molecule has 2 aromatic rings. The molecule has 3 nitrogen and oxygen atoms in total. The fourth-order valence-electron chi connectivity index (χ4n) is 3.07. The lowest BCUT2D eigenvalue weighted by molar-refractivity contribution is -0.139. The molecule has 3 rings (SSSR count). The maximum Gasteiger partial charge on any atom is 0.314 e. The topological polar surface area (TPSA) is 43.4 Å². The Morgan fingerprint density at radius 1 is 0.923 bits per heavy atom. The summed E-state index contributed by atoms with van der Waals surface area (Å²) in [6, 6.07) is 14.5. The van der Waals surface area contributed by atoms with Crippen molar-refractivity contribution in [2.45, 2.75) is 32.1 Å². The highest BCUT2D eigenvalue weighted by atomic mass is 79.9. The van der Waals surface area contributed by atoms with Crippen LogP contribution in [0.1, 0.15) is 48.0 Å². The summed E-state index contributed by atoms with van der Waals surface area (Å²) >= 11 is 3.35. The highest BCUT2D eigenvalue weighted by Gasteiger charge is 2.22. The van der Waals surface area contributed by atoms with Crippen molar-refractivity contribution in [1.29, 1.82) is 0 Å². The van der Waals surface area contributed by atoms with Crippen molar-refractivity contribution >= 4 is 33.8 Å². The van der Waals surface area contributed by atoms with E-state index in [9.17, 15) is 9.59 Å². The van der Waals surface area contributed by atoms with E-state index in [1.165, 1.54) is 6.42 Å². The molecule has 0 unspecified atom stereocenters. The Morgan fingerprint density at radius 3 is 2.23 bits per heavy atom. The molecule has 0 N–H and O–H groups in total. The Labute approximate surface area is 162 Å². The van der Waals surface area contributed by atoms with Gasteiger partial charge in [-0.05, 0) is 60.9 Å². The Kier molecular flexibility index (Phi) is 6.40. The van der Waals surface area contributed by atoms with E-state index < -0.39 is 0 Å². The van der Waals surface area contributed by atoms with Crippen LogP contribution in [0.25, 0.3) is 6.08 Å². The number of carbonyl (C=O) groups excluding carboxylic acids is 2. The van der Waals surface area contributed by atoms with Crippen LogP contribution < -0.4 is 4.74 Å². The van der Waals surface area contributed by atoms with E-state index in [0.29, 0.717) is 11.3 Å². The number of carbonyl (C=O) groups is 2. The quantitative estimate of drug-likeness (QED) is 0.268. The first-order valence-electron chi connectivity index (χ1n) is 8.91. The summed E-state index contributed by atoms with van der Waals surface area (Å²) in [6.07, 6.45) is 8.59. The molecular weight excluding hydrogens is 392 g/mol. The third kappa shape index (κ3) is 5.15. The Hall–Kier alpha value is -2.20. The smallest absolute Gasteiger partial charge is 0.314 e. The second-order valence-corrected chi connectivity index (χ2v) is 7.45. The molecule has 0 heterocycles. The minimum Gasteiger partial charge on any atom is -0.426 e. The van der Waals surface area contributed by atoms with Crippen LogP contribution in [0.4, 0.5) is 0 Å². The summed E-state index contributed by atoms with van der Waals surface area (Å²) in [7, 11) is 0. The molecule has 0 bridgehead atoms. The van der Waals surface area contributed by atoms with Crippen molar-refractivity contribution in [2.75, 3.05) is 0 Å². The molecule has 4 heteroatoms. The van der Waals surface area contributed by atoms with Gasteiger partial charge in [0, 0.05) is 10.0 Å². The number of rotatable bonds is 5. The lowest BCUT2D eigenvalue weighted by atomic mass is 9.89. The zero-order valence-corrected chi connectivity index (χ0v) is 16.1. The van der Waals surface area contributed by atoms with Crippen molar-refractivity contribution in [3.05, 3.63) is 70.2 Å². The highest BCUT2D eigenvalue weighted by molar-refractivity contribution is 9.10. The SMILES string of the molecule is O=C(C=Cc1ccc(OC(=O)C2CCCCC2)cc1)c1ccc(Br)cc1. The molecule has 0 saturated heterocycles. The molecule has 0 spiro atoms. The number of allylic oxidation sites excluding steroid dienone is 1. The molecule has 0 aliphatic heterocycles. The van der Waals surface area contributed by atoms with E-state index in [1.807, 2.05) is 24.3 Å². The Bertz CT molecular complexity index is 785. The van der Waals surface area contributed by atoms with Gasteiger partial charge >= 0.3 is 5.97 Å². The largest absolute Gasteiger partial charge is 0.426 e. The number of esters is 1. The number of hydrogen-bond donors (Lipinski definition) is 0. The number of ether oxygens (including phenoxy) is 1. The molecule has 1 aliphatic rings. The molecule has 0 atom stereocenters. The average molecular weight is 413 g/mol. The van der Waals surface area contributed by atoms with Crippen molar-refractivity contribution in [1.82, 2.24) is 0 Å². The zero-order valence-electron chi connectivity index (χ0n) is 14.5. The first-order chi connectivity index (χ1) is 12.6. The van der Waals surface area contributed by atoms with Gasteiger partial charge in [-0.25, -0.2) is 0 Å². The minimum absolute atomic E-state index is 0.0341. The predicted octanol–water partition coefficient (Wildman–Crippen LogP) is 5.83. The molecule has 0 radical (unpaired) electrons. The monoisotopic (exact) mass is 412 g/mol. The van der Waals surface area contributed by atoms with Crippen LogP contribution in [-0.4, -0.2) is 11.8 Å². The summed E-state index contributed by atoms with van der Waals surface area (Å²) in [4.78, 5) is 24.3. The third-order valence-corrected chi connectivity index (χ3v) is 5.12. The maximum absolute atomic E-state index is 12.2. The van der Waals surface area contributed by atoms with Crippen molar-refractivity contribution in [2.24, 2.45) is 5.92 Å². The number of benzene rings is 2. The lowest BCUT2D eigenvalue weighted by Crippen LogP contribution is -2.22. The zero-order chi connectivity index (χ0) is 18.4. The summed E-state index contributed by atoms with van der Waals surface area (Å²) in [5, 5.41) is 0. The summed E-state index contributed by atoms with van der Waals surface area (Å²) in [5.74, 6) is 0.410. The Morgan fingerprint density at radius 2 is 1.58 bits per heavy atom. The minimum atomic E-state index is -0.126.